The summed E-state index contributed by atoms with van der Waals surface area (Å²) in [4.78, 5) is 10.8. The quantitative estimate of drug-likeness (QED) is 0.735. The van der Waals surface area contributed by atoms with E-state index in [-0.39, 0.29) is 12.2 Å². The smallest absolute Gasteiger partial charge is 0.335 e. The van der Waals surface area contributed by atoms with Crippen LogP contribution in [0.2, 0.25) is 0 Å². The predicted molar refractivity (Wildman–Crippen MR) is 97.5 cm³/mol. The Hall–Kier alpha value is -3.15. The standard InChI is InChI=1S/C20H21N3O3/c1-13-8-16(9-14(2)15(13)3)10-23-11-18(21-22-23)12-26-19-6-4-17(5-7-19)20(24)25/h4-9,11H,10,12H2,1-3H3,(H,24,25). The van der Waals surface area contributed by atoms with E-state index in [0.717, 1.165) is 0 Å². The zero-order valence-corrected chi connectivity index (χ0v) is 15.1. The number of aryl methyl sites for hydroxylation is 2. The van der Waals surface area contributed by atoms with E-state index in [1.807, 2.05) is 6.20 Å². The monoisotopic (exact) mass is 351 g/mol. The van der Waals surface area contributed by atoms with Crippen LogP contribution in [0.3, 0.4) is 0 Å². The van der Waals surface area contributed by atoms with Crippen LogP contribution >= 0.6 is 0 Å². The fraction of sp³-hybridized carbons (Fsp3) is 0.250. The van der Waals surface area contributed by atoms with Crippen molar-refractivity contribution in [1.82, 2.24) is 15.0 Å². The third-order valence-corrected chi connectivity index (χ3v) is 4.41. The molecule has 3 rings (SSSR count). The van der Waals surface area contributed by atoms with Crippen molar-refractivity contribution in [2.24, 2.45) is 0 Å². The summed E-state index contributed by atoms with van der Waals surface area (Å²) in [5.41, 5.74) is 5.99. The molecule has 6 heteroatoms. The van der Waals surface area contributed by atoms with Gasteiger partial charge in [0.1, 0.15) is 18.1 Å². The van der Waals surface area contributed by atoms with Gasteiger partial charge in [-0.2, -0.15) is 0 Å². The van der Waals surface area contributed by atoms with E-state index in [1.54, 1.807) is 16.8 Å². The number of benzene rings is 2. The Morgan fingerprint density at radius 3 is 2.38 bits per heavy atom. The fourth-order valence-electron chi connectivity index (χ4n) is 2.74. The van der Waals surface area contributed by atoms with Crippen LogP contribution in [0.25, 0.3) is 0 Å². The van der Waals surface area contributed by atoms with Crippen molar-refractivity contribution in [3.63, 3.8) is 0 Å². The zero-order valence-electron chi connectivity index (χ0n) is 15.1. The lowest BCUT2D eigenvalue weighted by Crippen LogP contribution is -2.02. The number of carboxylic acids is 1. The molecule has 0 radical (unpaired) electrons. The minimum absolute atomic E-state index is 0.229. The molecule has 0 saturated carbocycles. The summed E-state index contributed by atoms with van der Waals surface area (Å²) in [5.74, 6) is -0.365. The molecule has 0 bridgehead atoms. The Balaban J connectivity index is 1.62. The van der Waals surface area contributed by atoms with Crippen LogP contribution in [-0.2, 0) is 13.2 Å². The molecule has 0 fully saturated rings. The summed E-state index contributed by atoms with van der Waals surface area (Å²) < 4.78 is 7.42. The number of carbonyl (C=O) groups is 1. The number of nitrogens with zero attached hydrogens (tertiary/aromatic N) is 3. The Labute approximate surface area is 152 Å². The molecule has 134 valence electrons. The van der Waals surface area contributed by atoms with Crippen LogP contribution in [0.15, 0.2) is 42.6 Å². The minimum atomic E-state index is -0.957. The summed E-state index contributed by atoms with van der Waals surface area (Å²) in [7, 11) is 0. The Bertz CT molecular complexity index is 907. The van der Waals surface area contributed by atoms with Crippen molar-refractivity contribution in [3.8, 4) is 5.75 Å². The highest BCUT2D eigenvalue weighted by atomic mass is 16.5. The van der Waals surface area contributed by atoms with Crippen molar-refractivity contribution >= 4 is 5.97 Å². The first-order chi connectivity index (χ1) is 12.4. The van der Waals surface area contributed by atoms with Crippen LogP contribution < -0.4 is 4.74 Å². The van der Waals surface area contributed by atoms with Crippen LogP contribution in [0.1, 0.15) is 38.3 Å². The van der Waals surface area contributed by atoms with Gasteiger partial charge in [0.15, 0.2) is 0 Å². The number of carboxylic acid groups (broad SMARTS) is 1. The van der Waals surface area contributed by atoms with E-state index in [2.05, 4.69) is 43.2 Å². The summed E-state index contributed by atoms with van der Waals surface area (Å²) >= 11 is 0. The first-order valence-electron chi connectivity index (χ1n) is 8.34. The molecule has 1 aromatic heterocycles. The maximum atomic E-state index is 10.8. The molecule has 0 aliphatic carbocycles. The van der Waals surface area contributed by atoms with Crippen LogP contribution in [0.5, 0.6) is 5.75 Å². The maximum absolute atomic E-state index is 10.8. The largest absolute Gasteiger partial charge is 0.487 e. The van der Waals surface area contributed by atoms with Gasteiger partial charge in [0.2, 0.25) is 0 Å². The highest BCUT2D eigenvalue weighted by Crippen LogP contribution is 2.17. The first-order valence-corrected chi connectivity index (χ1v) is 8.34. The van der Waals surface area contributed by atoms with Crippen molar-refractivity contribution in [1.29, 1.82) is 0 Å². The molecule has 0 amide bonds. The second-order valence-corrected chi connectivity index (χ2v) is 6.38. The van der Waals surface area contributed by atoms with Crippen LogP contribution in [0, 0.1) is 20.8 Å². The number of rotatable bonds is 6. The molecule has 1 N–H and O–H groups in total. The molecule has 6 nitrogen and oxygen atoms in total. The van der Waals surface area contributed by atoms with Gasteiger partial charge in [-0.15, -0.1) is 5.10 Å². The lowest BCUT2D eigenvalue weighted by atomic mass is 10.0. The molecule has 0 saturated heterocycles. The Morgan fingerprint density at radius 1 is 1.12 bits per heavy atom. The normalized spacial score (nSPS) is 10.7. The maximum Gasteiger partial charge on any atom is 0.335 e. The number of hydrogen-bond donors (Lipinski definition) is 1. The Morgan fingerprint density at radius 2 is 1.77 bits per heavy atom. The first kappa shape index (κ1) is 17.7. The van der Waals surface area contributed by atoms with Crippen LogP contribution in [-0.4, -0.2) is 26.1 Å². The zero-order chi connectivity index (χ0) is 18.7. The van der Waals surface area contributed by atoms with Crippen molar-refractivity contribution < 1.29 is 14.6 Å². The summed E-state index contributed by atoms with van der Waals surface area (Å²) in [5, 5.41) is 17.2. The highest BCUT2D eigenvalue weighted by Gasteiger charge is 2.06. The van der Waals surface area contributed by atoms with Gasteiger partial charge < -0.3 is 9.84 Å². The molecule has 1 heterocycles. The molecule has 0 unspecified atom stereocenters. The van der Waals surface area contributed by atoms with Crippen molar-refractivity contribution in [3.05, 3.63) is 76.1 Å². The van der Waals surface area contributed by atoms with Crippen LogP contribution in [0.4, 0.5) is 0 Å². The van der Waals surface area contributed by atoms with Gasteiger partial charge in [-0.25, -0.2) is 9.48 Å². The molecular weight excluding hydrogens is 330 g/mol. The molecule has 26 heavy (non-hydrogen) atoms. The van der Waals surface area contributed by atoms with Gasteiger partial charge in [0.05, 0.1) is 18.3 Å². The van der Waals surface area contributed by atoms with Gasteiger partial charge >= 0.3 is 5.97 Å². The SMILES string of the molecule is Cc1cc(Cn2cc(COc3ccc(C(=O)O)cc3)nn2)cc(C)c1C. The van der Waals surface area contributed by atoms with E-state index in [1.165, 1.54) is 34.4 Å². The Kier molecular flexibility index (Phi) is 5.02. The van der Waals surface area contributed by atoms with E-state index in [4.69, 9.17) is 9.84 Å². The van der Waals surface area contributed by atoms with E-state index in [0.29, 0.717) is 18.0 Å². The minimum Gasteiger partial charge on any atom is -0.487 e. The predicted octanol–water partition coefficient (Wildman–Crippen LogP) is 3.53. The number of ether oxygens (including phenoxy) is 1. The molecule has 0 spiro atoms. The molecular formula is C20H21N3O3. The third-order valence-electron chi connectivity index (χ3n) is 4.41. The van der Waals surface area contributed by atoms with E-state index >= 15 is 0 Å². The van der Waals surface area contributed by atoms with E-state index in [9.17, 15) is 4.79 Å². The second kappa shape index (κ2) is 7.39. The molecule has 2 aromatic carbocycles. The van der Waals surface area contributed by atoms with Gasteiger partial charge in [0, 0.05) is 0 Å². The van der Waals surface area contributed by atoms with Crippen molar-refractivity contribution in [2.45, 2.75) is 33.9 Å². The summed E-state index contributed by atoms with van der Waals surface area (Å²) in [6, 6.07) is 10.6. The van der Waals surface area contributed by atoms with Crippen molar-refractivity contribution in [2.75, 3.05) is 0 Å². The molecule has 0 aliphatic heterocycles. The fourth-order valence-corrected chi connectivity index (χ4v) is 2.74. The highest BCUT2D eigenvalue weighted by molar-refractivity contribution is 5.87. The number of aromatic nitrogens is 3. The molecule has 3 aromatic rings. The molecule has 0 aliphatic rings. The van der Waals surface area contributed by atoms with E-state index < -0.39 is 5.97 Å². The molecule has 0 atom stereocenters. The van der Waals surface area contributed by atoms with Gasteiger partial charge in [-0.3, -0.25) is 0 Å². The number of hydrogen-bond acceptors (Lipinski definition) is 4. The van der Waals surface area contributed by atoms with Gasteiger partial charge in [0.25, 0.3) is 0 Å². The average Bonchev–Trinajstić information content (AvgIpc) is 3.05. The third kappa shape index (κ3) is 4.08. The lowest BCUT2D eigenvalue weighted by molar-refractivity contribution is 0.0697. The lowest BCUT2D eigenvalue weighted by Gasteiger charge is -2.08. The summed E-state index contributed by atoms with van der Waals surface area (Å²) in [6.07, 6.45) is 1.86. The second-order valence-electron chi connectivity index (χ2n) is 6.38. The van der Waals surface area contributed by atoms with Gasteiger partial charge in [-0.1, -0.05) is 17.3 Å². The topological polar surface area (TPSA) is 77.2 Å². The van der Waals surface area contributed by atoms with Gasteiger partial charge in [-0.05, 0) is 67.3 Å². The number of aromatic carboxylic acids is 1. The summed E-state index contributed by atoms with van der Waals surface area (Å²) in [6.45, 7) is 7.28. The average molecular weight is 351 g/mol.